The van der Waals surface area contributed by atoms with E-state index in [1.165, 1.54) is 28.5 Å². The van der Waals surface area contributed by atoms with Gasteiger partial charge >= 0.3 is 0 Å². The van der Waals surface area contributed by atoms with Crippen LogP contribution in [0.15, 0.2) is 36.4 Å². The second-order valence-electron chi connectivity index (χ2n) is 6.37. The van der Waals surface area contributed by atoms with Crippen molar-refractivity contribution in [2.24, 2.45) is 0 Å². The summed E-state index contributed by atoms with van der Waals surface area (Å²) in [5, 5.41) is 3.47. The van der Waals surface area contributed by atoms with Crippen molar-refractivity contribution >= 4 is 9.84 Å². The number of rotatable bonds is 6. The molecule has 4 heteroatoms. The molecule has 1 N–H and O–H groups in total. The Bertz CT molecular complexity index is 755. The minimum absolute atomic E-state index is 0.0997. The van der Waals surface area contributed by atoms with Gasteiger partial charge in [0.1, 0.15) is 0 Å². The molecule has 0 radical (unpaired) electrons. The lowest BCUT2D eigenvalue weighted by Crippen LogP contribution is -2.14. The Morgan fingerprint density at radius 3 is 1.91 bits per heavy atom. The molecule has 0 bridgehead atoms. The fraction of sp³-hybridized carbons (Fsp3) is 0.368. The topological polar surface area (TPSA) is 46.2 Å². The molecule has 0 spiro atoms. The standard InChI is InChI=1S/C19H25NO2S/c1-14-9-15(2)19(16(3)10-14)12-20-11-17-5-7-18(8-6-17)13-23(4,21)22/h5-10,20H,11-13H2,1-4H3. The van der Waals surface area contributed by atoms with Crippen molar-refractivity contribution < 1.29 is 8.42 Å². The van der Waals surface area contributed by atoms with Gasteiger partial charge in [-0.25, -0.2) is 8.42 Å². The zero-order chi connectivity index (χ0) is 17.0. The van der Waals surface area contributed by atoms with Crippen LogP contribution in [-0.4, -0.2) is 14.7 Å². The van der Waals surface area contributed by atoms with Gasteiger partial charge in [-0.2, -0.15) is 0 Å². The lowest BCUT2D eigenvalue weighted by atomic mass is 10.00. The summed E-state index contributed by atoms with van der Waals surface area (Å²) in [4.78, 5) is 0. The quantitative estimate of drug-likeness (QED) is 0.882. The number of aryl methyl sites for hydroxylation is 3. The molecule has 3 nitrogen and oxygen atoms in total. The molecule has 0 aromatic heterocycles. The molecule has 2 aromatic rings. The van der Waals surface area contributed by atoms with E-state index in [1.54, 1.807) is 0 Å². The summed E-state index contributed by atoms with van der Waals surface area (Å²) in [6.07, 6.45) is 1.26. The third-order valence-corrected chi connectivity index (χ3v) is 4.78. The molecule has 124 valence electrons. The molecule has 0 saturated carbocycles. The maximum Gasteiger partial charge on any atom is 0.151 e. The summed E-state index contributed by atoms with van der Waals surface area (Å²) in [7, 11) is -2.97. The minimum Gasteiger partial charge on any atom is -0.309 e. The first kappa shape index (κ1) is 17.7. The van der Waals surface area contributed by atoms with Crippen LogP contribution in [0.5, 0.6) is 0 Å². The predicted molar refractivity (Wildman–Crippen MR) is 96.2 cm³/mol. The third kappa shape index (κ3) is 5.48. The highest BCUT2D eigenvalue weighted by Crippen LogP contribution is 2.16. The molecule has 0 unspecified atom stereocenters. The summed E-state index contributed by atoms with van der Waals surface area (Å²) >= 11 is 0. The normalized spacial score (nSPS) is 11.7. The van der Waals surface area contributed by atoms with E-state index < -0.39 is 9.84 Å². The molecule has 0 saturated heterocycles. The summed E-state index contributed by atoms with van der Waals surface area (Å²) in [5.74, 6) is 0.0997. The van der Waals surface area contributed by atoms with E-state index in [2.05, 4.69) is 38.2 Å². The van der Waals surface area contributed by atoms with Crippen LogP contribution in [0.4, 0.5) is 0 Å². The number of sulfone groups is 1. The van der Waals surface area contributed by atoms with Crippen LogP contribution in [0.3, 0.4) is 0 Å². The van der Waals surface area contributed by atoms with Crippen molar-refractivity contribution in [1.82, 2.24) is 5.32 Å². The Labute approximate surface area is 139 Å². The SMILES string of the molecule is Cc1cc(C)c(CNCc2ccc(CS(C)(=O)=O)cc2)c(C)c1. The zero-order valence-corrected chi connectivity index (χ0v) is 15.1. The molecule has 2 aromatic carbocycles. The Hall–Kier alpha value is -1.65. The molecule has 0 aliphatic rings. The summed E-state index contributed by atoms with van der Waals surface area (Å²) in [6.45, 7) is 8.03. The number of hydrogen-bond acceptors (Lipinski definition) is 3. The van der Waals surface area contributed by atoms with Crippen molar-refractivity contribution in [2.45, 2.75) is 39.6 Å². The maximum absolute atomic E-state index is 11.3. The third-order valence-electron chi connectivity index (χ3n) is 3.92. The zero-order valence-electron chi connectivity index (χ0n) is 14.3. The minimum atomic E-state index is -2.97. The van der Waals surface area contributed by atoms with Crippen LogP contribution >= 0.6 is 0 Å². The van der Waals surface area contributed by atoms with Crippen molar-refractivity contribution in [2.75, 3.05) is 6.26 Å². The fourth-order valence-electron chi connectivity index (χ4n) is 2.88. The number of hydrogen-bond donors (Lipinski definition) is 1. The Morgan fingerprint density at radius 2 is 1.39 bits per heavy atom. The Morgan fingerprint density at radius 1 is 0.870 bits per heavy atom. The van der Waals surface area contributed by atoms with Gasteiger partial charge in [-0.1, -0.05) is 42.0 Å². The highest BCUT2D eigenvalue weighted by Gasteiger charge is 2.05. The van der Waals surface area contributed by atoms with Crippen LogP contribution in [0.25, 0.3) is 0 Å². The number of benzene rings is 2. The van der Waals surface area contributed by atoms with Crippen LogP contribution in [0, 0.1) is 20.8 Å². The lowest BCUT2D eigenvalue weighted by molar-refractivity contribution is 0.601. The van der Waals surface area contributed by atoms with Crippen molar-refractivity contribution in [3.05, 3.63) is 69.8 Å². The van der Waals surface area contributed by atoms with Gasteiger partial charge in [-0.05, 0) is 48.6 Å². The van der Waals surface area contributed by atoms with E-state index in [0.29, 0.717) is 0 Å². The van der Waals surface area contributed by atoms with E-state index >= 15 is 0 Å². The molecular formula is C19H25NO2S. The molecule has 23 heavy (non-hydrogen) atoms. The van der Waals surface area contributed by atoms with Gasteiger partial charge in [0.15, 0.2) is 9.84 Å². The van der Waals surface area contributed by atoms with Gasteiger partial charge in [0, 0.05) is 19.3 Å². The highest BCUT2D eigenvalue weighted by molar-refractivity contribution is 7.89. The van der Waals surface area contributed by atoms with Crippen molar-refractivity contribution in [1.29, 1.82) is 0 Å². The molecule has 0 aliphatic heterocycles. The fourth-order valence-corrected chi connectivity index (χ4v) is 3.67. The monoisotopic (exact) mass is 331 g/mol. The molecule has 0 atom stereocenters. The van der Waals surface area contributed by atoms with Crippen LogP contribution in [-0.2, 0) is 28.7 Å². The summed E-state index contributed by atoms with van der Waals surface area (Å²) in [6, 6.07) is 12.2. The molecule has 0 aliphatic carbocycles. The van der Waals surface area contributed by atoms with Crippen LogP contribution in [0.2, 0.25) is 0 Å². The van der Waals surface area contributed by atoms with Gasteiger partial charge in [0.25, 0.3) is 0 Å². The maximum atomic E-state index is 11.3. The summed E-state index contributed by atoms with van der Waals surface area (Å²) < 4.78 is 22.6. The first-order valence-electron chi connectivity index (χ1n) is 7.77. The average Bonchev–Trinajstić information content (AvgIpc) is 2.42. The first-order valence-corrected chi connectivity index (χ1v) is 9.83. The van der Waals surface area contributed by atoms with Crippen molar-refractivity contribution in [3.63, 3.8) is 0 Å². The highest BCUT2D eigenvalue weighted by atomic mass is 32.2. The molecule has 0 fully saturated rings. The van der Waals surface area contributed by atoms with E-state index in [-0.39, 0.29) is 5.75 Å². The van der Waals surface area contributed by atoms with E-state index in [1.807, 2.05) is 24.3 Å². The second kappa shape index (κ2) is 7.28. The Kier molecular flexibility index (Phi) is 5.60. The largest absolute Gasteiger partial charge is 0.309 e. The van der Waals surface area contributed by atoms with E-state index in [9.17, 15) is 8.42 Å². The Balaban J connectivity index is 1.94. The second-order valence-corrected chi connectivity index (χ2v) is 8.51. The van der Waals surface area contributed by atoms with Crippen molar-refractivity contribution in [3.8, 4) is 0 Å². The molecule has 0 amide bonds. The summed E-state index contributed by atoms with van der Waals surface area (Å²) in [5.41, 5.74) is 7.28. The van der Waals surface area contributed by atoms with Gasteiger partial charge in [0.2, 0.25) is 0 Å². The van der Waals surface area contributed by atoms with Gasteiger partial charge in [-0.15, -0.1) is 0 Å². The van der Waals surface area contributed by atoms with E-state index in [4.69, 9.17) is 0 Å². The number of nitrogens with one attached hydrogen (secondary N) is 1. The van der Waals surface area contributed by atoms with Gasteiger partial charge in [0.05, 0.1) is 5.75 Å². The lowest BCUT2D eigenvalue weighted by Gasteiger charge is -2.12. The van der Waals surface area contributed by atoms with Gasteiger partial charge in [-0.3, -0.25) is 0 Å². The first-order chi connectivity index (χ1) is 10.7. The molecular weight excluding hydrogens is 306 g/mol. The molecule has 2 rings (SSSR count). The van der Waals surface area contributed by atoms with Crippen LogP contribution in [0.1, 0.15) is 33.4 Å². The van der Waals surface area contributed by atoms with E-state index in [0.717, 1.165) is 24.2 Å². The van der Waals surface area contributed by atoms with Gasteiger partial charge < -0.3 is 5.32 Å². The predicted octanol–water partition coefficient (Wildman–Crippen LogP) is 3.45. The van der Waals surface area contributed by atoms with Crippen LogP contribution < -0.4 is 5.32 Å². The molecule has 0 heterocycles. The smallest absolute Gasteiger partial charge is 0.151 e. The average molecular weight is 331 g/mol.